The van der Waals surface area contributed by atoms with E-state index in [1.165, 1.54) is 25.2 Å². The molecule has 2 rings (SSSR count). The van der Waals surface area contributed by atoms with Crippen LogP contribution in [0.2, 0.25) is 0 Å². The number of aromatic nitrogens is 2. The van der Waals surface area contributed by atoms with Crippen LogP contribution in [0, 0.1) is 5.82 Å². The van der Waals surface area contributed by atoms with Gasteiger partial charge in [0.15, 0.2) is 0 Å². The summed E-state index contributed by atoms with van der Waals surface area (Å²) in [5.41, 5.74) is 5.23. The number of anilines is 2. The Morgan fingerprint density at radius 1 is 1.21 bits per heavy atom. The third kappa shape index (κ3) is 2.48. The van der Waals surface area contributed by atoms with Crippen molar-refractivity contribution in [2.75, 3.05) is 17.1 Å². The van der Waals surface area contributed by atoms with E-state index in [4.69, 9.17) is 5.73 Å². The van der Waals surface area contributed by atoms with E-state index in [0.717, 1.165) is 16.7 Å². The molecule has 0 atom stereocenters. The van der Waals surface area contributed by atoms with E-state index in [9.17, 15) is 12.8 Å². The van der Waals surface area contributed by atoms with Gasteiger partial charge in [-0.3, -0.25) is 4.31 Å². The fraction of sp³-hybridized carbons (Fsp3) is 0.0909. The van der Waals surface area contributed by atoms with Gasteiger partial charge in [0.25, 0.3) is 10.0 Å². The molecule has 2 aromatic rings. The summed E-state index contributed by atoms with van der Waals surface area (Å²) < 4.78 is 38.9. The van der Waals surface area contributed by atoms with Crippen LogP contribution in [0.3, 0.4) is 0 Å². The zero-order valence-electron chi connectivity index (χ0n) is 9.99. The van der Waals surface area contributed by atoms with E-state index in [1.807, 2.05) is 0 Å². The van der Waals surface area contributed by atoms with Crippen LogP contribution in [-0.2, 0) is 10.0 Å². The number of para-hydroxylation sites is 1. The van der Waals surface area contributed by atoms with Crippen molar-refractivity contribution in [2.45, 2.75) is 4.90 Å². The summed E-state index contributed by atoms with van der Waals surface area (Å²) in [5, 5.41) is 0. The average Bonchev–Trinajstić information content (AvgIpc) is 2.39. The Bertz CT molecular complexity index is 688. The molecule has 19 heavy (non-hydrogen) atoms. The molecule has 0 aliphatic rings. The number of nitrogens with two attached hydrogens (primary N) is 1. The van der Waals surface area contributed by atoms with Gasteiger partial charge in [0.05, 0.1) is 18.1 Å². The molecule has 2 N–H and O–H groups in total. The lowest BCUT2D eigenvalue weighted by Gasteiger charge is -2.19. The number of hydrogen-bond acceptors (Lipinski definition) is 5. The van der Waals surface area contributed by atoms with Crippen LogP contribution in [0.15, 0.2) is 41.6 Å². The largest absolute Gasteiger partial charge is 0.368 e. The first-order chi connectivity index (χ1) is 8.93. The molecule has 6 nitrogen and oxygen atoms in total. The van der Waals surface area contributed by atoms with E-state index in [0.29, 0.717) is 0 Å². The Morgan fingerprint density at radius 3 is 2.37 bits per heavy atom. The number of nitrogens with zero attached hydrogens (tertiary/aromatic N) is 3. The highest BCUT2D eigenvalue weighted by atomic mass is 32.2. The lowest BCUT2D eigenvalue weighted by molar-refractivity contribution is 0.589. The summed E-state index contributed by atoms with van der Waals surface area (Å²) in [7, 11) is -2.66. The molecule has 0 amide bonds. The summed E-state index contributed by atoms with van der Waals surface area (Å²) in [4.78, 5) is 7.06. The second-order valence-electron chi connectivity index (χ2n) is 3.70. The Kier molecular flexibility index (Phi) is 3.34. The number of sulfonamides is 1. The second kappa shape index (κ2) is 4.81. The maximum Gasteiger partial charge on any atom is 0.267 e. The van der Waals surface area contributed by atoms with Gasteiger partial charge < -0.3 is 5.73 Å². The van der Waals surface area contributed by atoms with Crippen molar-refractivity contribution in [3.05, 3.63) is 42.5 Å². The van der Waals surface area contributed by atoms with Gasteiger partial charge in [-0.2, -0.15) is 0 Å². The molecule has 0 aliphatic carbocycles. The van der Waals surface area contributed by atoms with Crippen molar-refractivity contribution >= 4 is 21.7 Å². The second-order valence-corrected chi connectivity index (χ2v) is 5.67. The third-order valence-electron chi connectivity index (χ3n) is 2.50. The first-order valence-electron chi connectivity index (χ1n) is 5.24. The maximum absolute atomic E-state index is 13.6. The van der Waals surface area contributed by atoms with Crippen molar-refractivity contribution in [3.8, 4) is 0 Å². The van der Waals surface area contributed by atoms with E-state index in [1.54, 1.807) is 6.07 Å². The fourth-order valence-electron chi connectivity index (χ4n) is 1.45. The number of hydrogen-bond donors (Lipinski definition) is 1. The van der Waals surface area contributed by atoms with E-state index >= 15 is 0 Å². The number of nitrogen functional groups attached to an aromatic ring is 1. The highest BCUT2D eigenvalue weighted by molar-refractivity contribution is 7.92. The predicted octanol–water partition coefficient (Wildman–Crippen LogP) is 1.02. The van der Waals surface area contributed by atoms with Gasteiger partial charge in [-0.1, -0.05) is 12.1 Å². The first-order valence-corrected chi connectivity index (χ1v) is 6.68. The van der Waals surface area contributed by atoms with Crippen LogP contribution < -0.4 is 10.0 Å². The summed E-state index contributed by atoms with van der Waals surface area (Å²) in [6.07, 6.45) is 2.16. The highest BCUT2D eigenvalue weighted by Crippen LogP contribution is 2.23. The lowest BCUT2D eigenvalue weighted by Crippen LogP contribution is -2.27. The number of halogens is 1. The van der Waals surface area contributed by atoms with Crippen molar-refractivity contribution in [2.24, 2.45) is 0 Å². The number of benzene rings is 1. The average molecular weight is 282 g/mol. The van der Waals surface area contributed by atoms with E-state index in [2.05, 4.69) is 9.97 Å². The molecule has 100 valence electrons. The van der Waals surface area contributed by atoms with E-state index in [-0.39, 0.29) is 16.5 Å². The molecule has 0 fully saturated rings. The minimum Gasteiger partial charge on any atom is -0.368 e. The van der Waals surface area contributed by atoms with Crippen molar-refractivity contribution < 1.29 is 12.8 Å². The Labute approximate surface area is 109 Å². The Balaban J connectivity index is 2.45. The smallest absolute Gasteiger partial charge is 0.267 e. The molecule has 0 bridgehead atoms. The lowest BCUT2D eigenvalue weighted by atomic mass is 10.3. The van der Waals surface area contributed by atoms with Crippen LogP contribution in [-0.4, -0.2) is 25.4 Å². The number of rotatable bonds is 3. The monoisotopic (exact) mass is 282 g/mol. The summed E-state index contributed by atoms with van der Waals surface area (Å²) in [5.74, 6) is -0.669. The molecule has 1 aromatic carbocycles. The van der Waals surface area contributed by atoms with Crippen molar-refractivity contribution in [3.63, 3.8) is 0 Å². The first kappa shape index (κ1) is 13.2. The quantitative estimate of drug-likeness (QED) is 0.908. The molecular weight excluding hydrogens is 271 g/mol. The molecule has 0 saturated carbocycles. The van der Waals surface area contributed by atoms with Gasteiger partial charge in [-0.25, -0.2) is 22.8 Å². The van der Waals surface area contributed by atoms with Crippen LogP contribution in [0.1, 0.15) is 0 Å². The van der Waals surface area contributed by atoms with Crippen LogP contribution in [0.5, 0.6) is 0 Å². The topological polar surface area (TPSA) is 89.2 Å². The molecule has 0 unspecified atom stereocenters. The SMILES string of the molecule is CN(c1ccccc1F)S(=O)(=O)c1cnc(N)nc1. The van der Waals surface area contributed by atoms with Crippen molar-refractivity contribution in [1.29, 1.82) is 0 Å². The van der Waals surface area contributed by atoms with Crippen LogP contribution in [0.25, 0.3) is 0 Å². The molecule has 1 aromatic heterocycles. The van der Waals surface area contributed by atoms with Gasteiger partial charge in [-0.15, -0.1) is 0 Å². The normalized spacial score (nSPS) is 11.3. The standard InChI is InChI=1S/C11H11FN4O2S/c1-16(10-5-3-2-4-9(10)12)19(17,18)8-6-14-11(13)15-7-8/h2-7H,1H3,(H2,13,14,15). The zero-order valence-corrected chi connectivity index (χ0v) is 10.8. The molecule has 0 saturated heterocycles. The van der Waals surface area contributed by atoms with Gasteiger partial charge in [0, 0.05) is 7.05 Å². The summed E-state index contributed by atoms with van der Waals surface area (Å²) >= 11 is 0. The van der Waals surface area contributed by atoms with Gasteiger partial charge in [-0.05, 0) is 12.1 Å². The molecule has 8 heteroatoms. The van der Waals surface area contributed by atoms with Crippen molar-refractivity contribution in [1.82, 2.24) is 9.97 Å². The maximum atomic E-state index is 13.6. The highest BCUT2D eigenvalue weighted by Gasteiger charge is 2.24. The molecule has 0 spiro atoms. The molecule has 1 heterocycles. The molecule has 0 radical (unpaired) electrons. The predicted molar refractivity (Wildman–Crippen MR) is 68.4 cm³/mol. The minimum absolute atomic E-state index is 0.0347. The Hall–Kier alpha value is -2.22. The fourth-order valence-corrected chi connectivity index (χ4v) is 2.55. The van der Waals surface area contributed by atoms with Gasteiger partial charge >= 0.3 is 0 Å². The molecule has 0 aliphatic heterocycles. The van der Waals surface area contributed by atoms with Gasteiger partial charge in [0.2, 0.25) is 5.95 Å². The van der Waals surface area contributed by atoms with Gasteiger partial charge in [0.1, 0.15) is 10.7 Å². The summed E-state index contributed by atoms with van der Waals surface area (Å²) in [6.45, 7) is 0. The van der Waals surface area contributed by atoms with E-state index < -0.39 is 15.8 Å². The summed E-state index contributed by atoms with van der Waals surface area (Å²) in [6, 6.07) is 5.57. The van der Waals surface area contributed by atoms with Crippen LogP contribution in [0.4, 0.5) is 16.0 Å². The molecular formula is C11H11FN4O2S. The third-order valence-corrected chi connectivity index (χ3v) is 4.22. The zero-order chi connectivity index (χ0) is 14.0. The Morgan fingerprint density at radius 2 is 1.79 bits per heavy atom. The minimum atomic E-state index is -3.92. The van der Waals surface area contributed by atoms with Crippen LogP contribution >= 0.6 is 0 Å².